The third kappa shape index (κ3) is 6.39. The molecule has 2 rings (SSSR count). The van der Waals surface area contributed by atoms with Crippen molar-refractivity contribution in [3.8, 4) is 5.75 Å². The maximum Gasteiger partial charge on any atom is 0.305 e. The Morgan fingerprint density at radius 2 is 1.93 bits per heavy atom. The number of ether oxygens (including phenoxy) is 2. The van der Waals surface area contributed by atoms with E-state index in [-0.39, 0.29) is 11.8 Å². The SMILES string of the molecule is [C-]#[N+]c1ccc2c(c1)C(=O)CC(C)(CCCCCCCCC(=O)OCC)O2. The predicted molar refractivity (Wildman–Crippen MR) is 104 cm³/mol. The monoisotopic (exact) mass is 371 g/mol. The summed E-state index contributed by atoms with van der Waals surface area (Å²) in [5.41, 5.74) is 0.535. The van der Waals surface area contributed by atoms with Crippen LogP contribution >= 0.6 is 0 Å². The predicted octanol–water partition coefficient (Wildman–Crippen LogP) is 5.65. The smallest absolute Gasteiger partial charge is 0.305 e. The minimum absolute atomic E-state index is 0.0585. The fourth-order valence-electron chi connectivity index (χ4n) is 3.48. The zero-order valence-corrected chi connectivity index (χ0v) is 16.4. The number of esters is 1. The first-order valence-electron chi connectivity index (χ1n) is 9.87. The minimum atomic E-state index is -0.465. The van der Waals surface area contributed by atoms with Gasteiger partial charge in [0.2, 0.25) is 0 Å². The highest BCUT2D eigenvalue weighted by atomic mass is 16.5. The highest BCUT2D eigenvalue weighted by molar-refractivity contribution is 6.01. The summed E-state index contributed by atoms with van der Waals surface area (Å²) in [6.45, 7) is 11.3. The highest BCUT2D eigenvalue weighted by Crippen LogP contribution is 2.37. The molecule has 1 aromatic carbocycles. The summed E-state index contributed by atoms with van der Waals surface area (Å²) >= 11 is 0. The number of ketones is 1. The molecule has 5 heteroatoms. The van der Waals surface area contributed by atoms with E-state index < -0.39 is 5.60 Å². The number of rotatable bonds is 10. The molecule has 0 saturated heterocycles. The van der Waals surface area contributed by atoms with E-state index in [1.54, 1.807) is 18.2 Å². The maximum atomic E-state index is 12.5. The molecule has 0 saturated carbocycles. The molecule has 0 radical (unpaired) electrons. The van der Waals surface area contributed by atoms with Crippen LogP contribution in [0.3, 0.4) is 0 Å². The second kappa shape index (κ2) is 10.1. The summed E-state index contributed by atoms with van der Waals surface area (Å²) in [5.74, 6) is 0.552. The van der Waals surface area contributed by atoms with Gasteiger partial charge >= 0.3 is 5.97 Å². The molecule has 5 nitrogen and oxygen atoms in total. The normalized spacial score (nSPS) is 18.3. The summed E-state index contributed by atoms with van der Waals surface area (Å²) in [4.78, 5) is 27.1. The molecule has 146 valence electrons. The molecule has 0 amide bonds. The van der Waals surface area contributed by atoms with E-state index in [0.717, 1.165) is 44.9 Å². The Kier molecular flexibility index (Phi) is 7.84. The topological polar surface area (TPSA) is 57.0 Å². The second-order valence-electron chi connectivity index (χ2n) is 7.37. The van der Waals surface area contributed by atoms with Gasteiger partial charge < -0.3 is 9.47 Å². The Bertz CT molecular complexity index is 707. The van der Waals surface area contributed by atoms with Gasteiger partial charge in [-0.15, -0.1) is 0 Å². The molecule has 1 unspecified atom stereocenters. The van der Waals surface area contributed by atoms with Gasteiger partial charge in [0.1, 0.15) is 11.4 Å². The quantitative estimate of drug-likeness (QED) is 0.303. The lowest BCUT2D eigenvalue weighted by molar-refractivity contribution is -0.143. The Morgan fingerprint density at radius 1 is 1.22 bits per heavy atom. The Morgan fingerprint density at radius 3 is 2.63 bits per heavy atom. The molecular formula is C22H29NO4. The van der Waals surface area contributed by atoms with E-state index in [0.29, 0.717) is 36.4 Å². The maximum absolute atomic E-state index is 12.5. The lowest BCUT2D eigenvalue weighted by Crippen LogP contribution is -2.39. The first-order valence-corrected chi connectivity index (χ1v) is 9.87. The molecule has 0 N–H and O–H groups in total. The van der Waals surface area contributed by atoms with Gasteiger partial charge in [-0.2, -0.15) is 0 Å². The van der Waals surface area contributed by atoms with Crippen molar-refractivity contribution in [1.82, 2.24) is 0 Å². The number of carbonyl (C=O) groups excluding carboxylic acids is 2. The van der Waals surface area contributed by atoms with Crippen molar-refractivity contribution in [2.45, 2.75) is 77.2 Å². The largest absolute Gasteiger partial charge is 0.486 e. The van der Waals surface area contributed by atoms with Crippen molar-refractivity contribution >= 4 is 17.4 Å². The standard InChI is InChI=1S/C22H29NO4/c1-4-26-21(25)11-9-7-5-6-8-10-14-22(2)16-19(24)18-15-17(23-3)12-13-20(18)27-22/h12-13,15H,4-11,14,16H2,1-2H3. The van der Waals surface area contributed by atoms with Crippen LogP contribution in [0, 0.1) is 6.57 Å². The van der Waals surface area contributed by atoms with Gasteiger partial charge in [0.15, 0.2) is 11.5 Å². The van der Waals surface area contributed by atoms with Gasteiger partial charge in [-0.3, -0.25) is 9.59 Å². The van der Waals surface area contributed by atoms with Crippen molar-refractivity contribution in [1.29, 1.82) is 0 Å². The third-order valence-corrected chi connectivity index (χ3v) is 4.93. The Hall–Kier alpha value is -2.35. The Labute approximate surface area is 161 Å². The summed E-state index contributed by atoms with van der Waals surface area (Å²) in [6, 6.07) is 5.06. The van der Waals surface area contributed by atoms with Crippen LogP contribution < -0.4 is 4.74 Å². The van der Waals surface area contributed by atoms with Crippen LogP contribution in [0.15, 0.2) is 18.2 Å². The molecule has 0 fully saturated rings. The first kappa shape index (κ1) is 21.0. The third-order valence-electron chi connectivity index (χ3n) is 4.93. The fraction of sp³-hybridized carbons (Fsp3) is 0.591. The molecular weight excluding hydrogens is 342 g/mol. The second-order valence-corrected chi connectivity index (χ2v) is 7.37. The Balaban J connectivity index is 1.68. The number of fused-ring (bicyclic) bond motifs is 1. The number of unbranched alkanes of at least 4 members (excludes halogenated alkanes) is 5. The molecule has 1 aliphatic rings. The average Bonchev–Trinajstić information content (AvgIpc) is 2.64. The lowest BCUT2D eigenvalue weighted by Gasteiger charge is -2.35. The van der Waals surface area contributed by atoms with Crippen LogP contribution in [-0.2, 0) is 9.53 Å². The van der Waals surface area contributed by atoms with E-state index in [2.05, 4.69) is 4.85 Å². The summed E-state index contributed by atoms with van der Waals surface area (Å²) in [5, 5.41) is 0. The van der Waals surface area contributed by atoms with Crippen molar-refractivity contribution in [3.63, 3.8) is 0 Å². The summed E-state index contributed by atoms with van der Waals surface area (Å²) < 4.78 is 11.0. The zero-order valence-electron chi connectivity index (χ0n) is 16.4. The van der Waals surface area contributed by atoms with Crippen molar-refractivity contribution in [3.05, 3.63) is 35.2 Å². The number of hydrogen-bond donors (Lipinski definition) is 0. The molecule has 1 heterocycles. The van der Waals surface area contributed by atoms with Crippen LogP contribution in [0.4, 0.5) is 5.69 Å². The van der Waals surface area contributed by atoms with Crippen LogP contribution in [-0.4, -0.2) is 24.0 Å². The van der Waals surface area contributed by atoms with Gasteiger partial charge in [0.05, 0.1) is 19.6 Å². The van der Waals surface area contributed by atoms with Crippen LogP contribution in [0.2, 0.25) is 0 Å². The number of carbonyl (C=O) groups is 2. The van der Waals surface area contributed by atoms with Gasteiger partial charge in [0, 0.05) is 12.0 Å². The zero-order chi connectivity index (χ0) is 19.7. The van der Waals surface area contributed by atoms with Gasteiger partial charge in [-0.1, -0.05) is 31.7 Å². The van der Waals surface area contributed by atoms with Crippen LogP contribution in [0.25, 0.3) is 4.85 Å². The van der Waals surface area contributed by atoms with Crippen LogP contribution in [0.5, 0.6) is 5.75 Å². The van der Waals surface area contributed by atoms with E-state index in [1.165, 1.54) is 0 Å². The minimum Gasteiger partial charge on any atom is -0.486 e. The number of Topliss-reactive ketones (excluding diaryl/α,β-unsaturated/α-hetero) is 1. The average molecular weight is 371 g/mol. The molecule has 1 atom stereocenters. The van der Waals surface area contributed by atoms with E-state index in [1.807, 2.05) is 13.8 Å². The fourth-order valence-corrected chi connectivity index (χ4v) is 3.48. The molecule has 1 aliphatic heterocycles. The molecule has 0 aromatic heterocycles. The number of hydrogen-bond acceptors (Lipinski definition) is 4. The molecule has 0 bridgehead atoms. The first-order chi connectivity index (χ1) is 13.0. The summed E-state index contributed by atoms with van der Waals surface area (Å²) in [6.07, 6.45) is 7.98. The van der Waals surface area contributed by atoms with E-state index in [9.17, 15) is 9.59 Å². The number of nitrogens with zero attached hydrogens (tertiary/aromatic N) is 1. The van der Waals surface area contributed by atoms with Gasteiger partial charge in [-0.05, 0) is 45.2 Å². The van der Waals surface area contributed by atoms with Crippen molar-refractivity contribution < 1.29 is 19.1 Å². The number of benzene rings is 1. The molecule has 0 spiro atoms. The molecule has 0 aliphatic carbocycles. The summed E-state index contributed by atoms with van der Waals surface area (Å²) in [7, 11) is 0. The van der Waals surface area contributed by atoms with E-state index in [4.69, 9.17) is 16.0 Å². The molecule has 1 aromatic rings. The van der Waals surface area contributed by atoms with Crippen molar-refractivity contribution in [2.24, 2.45) is 0 Å². The van der Waals surface area contributed by atoms with Crippen LogP contribution in [0.1, 0.15) is 82.0 Å². The highest BCUT2D eigenvalue weighted by Gasteiger charge is 2.35. The lowest BCUT2D eigenvalue weighted by atomic mass is 9.87. The van der Waals surface area contributed by atoms with Gasteiger partial charge in [-0.25, -0.2) is 4.85 Å². The molecule has 27 heavy (non-hydrogen) atoms. The van der Waals surface area contributed by atoms with E-state index >= 15 is 0 Å². The van der Waals surface area contributed by atoms with Gasteiger partial charge in [0.25, 0.3) is 0 Å². The van der Waals surface area contributed by atoms with Crippen molar-refractivity contribution in [2.75, 3.05) is 6.61 Å².